The minimum Gasteiger partial charge on any atom is -0.482 e. The summed E-state index contributed by atoms with van der Waals surface area (Å²) in [6, 6.07) is 11.5. The number of amides is 1. The van der Waals surface area contributed by atoms with Gasteiger partial charge in [-0.3, -0.25) is 20.2 Å². The van der Waals surface area contributed by atoms with Crippen molar-refractivity contribution in [3.8, 4) is 11.5 Å². The van der Waals surface area contributed by atoms with Crippen LogP contribution in [0.3, 0.4) is 0 Å². The van der Waals surface area contributed by atoms with Crippen LogP contribution >= 0.6 is 11.3 Å². The van der Waals surface area contributed by atoms with Crippen LogP contribution in [0.15, 0.2) is 42.5 Å². The molecule has 132 valence electrons. The number of carbonyl (C=O) groups excluding carboxylic acids is 1. The molecule has 3 aromatic rings. The molecule has 0 aliphatic carbocycles. The van der Waals surface area contributed by atoms with Gasteiger partial charge in [-0.25, -0.2) is 4.98 Å². The molecule has 4 rings (SSSR count). The second kappa shape index (κ2) is 6.26. The first-order valence-corrected chi connectivity index (χ1v) is 8.61. The van der Waals surface area contributed by atoms with Gasteiger partial charge in [-0.2, -0.15) is 0 Å². The van der Waals surface area contributed by atoms with Crippen LogP contribution in [-0.2, 0) is 4.79 Å². The third-order valence-electron chi connectivity index (χ3n) is 3.91. The molecule has 1 N–H and O–H groups in total. The monoisotopic (exact) mass is 371 g/mol. The maximum Gasteiger partial charge on any atom is 0.271 e. The number of carbonyl (C=O) groups is 1. The molecule has 0 radical (unpaired) electrons. The van der Waals surface area contributed by atoms with E-state index in [-0.39, 0.29) is 11.6 Å². The van der Waals surface area contributed by atoms with Gasteiger partial charge in [-0.15, -0.1) is 0 Å². The van der Waals surface area contributed by atoms with Gasteiger partial charge in [0.05, 0.1) is 15.1 Å². The maximum atomic E-state index is 12.6. The summed E-state index contributed by atoms with van der Waals surface area (Å²) in [4.78, 5) is 27.2. The van der Waals surface area contributed by atoms with Gasteiger partial charge < -0.3 is 9.47 Å². The molecule has 1 aliphatic heterocycles. The highest BCUT2D eigenvalue weighted by Crippen LogP contribution is 2.34. The normalized spacial score (nSPS) is 18.5. The first kappa shape index (κ1) is 16.3. The number of nitrogens with zero attached hydrogens (tertiary/aromatic N) is 2. The van der Waals surface area contributed by atoms with Gasteiger partial charge in [0, 0.05) is 12.1 Å². The number of benzene rings is 2. The van der Waals surface area contributed by atoms with Crippen LogP contribution in [-0.4, -0.2) is 28.0 Å². The second-order valence-electron chi connectivity index (χ2n) is 5.73. The molecule has 0 saturated heterocycles. The molecule has 0 bridgehead atoms. The van der Waals surface area contributed by atoms with E-state index in [1.807, 2.05) is 6.07 Å². The molecule has 1 aliphatic rings. The molecular formula is C17H13N3O5S. The van der Waals surface area contributed by atoms with Crippen molar-refractivity contribution in [2.75, 3.05) is 5.32 Å². The Bertz CT molecular complexity index is 1020. The van der Waals surface area contributed by atoms with Gasteiger partial charge in [0.25, 0.3) is 11.6 Å². The quantitative estimate of drug-likeness (QED) is 0.559. The Balaban J connectivity index is 1.54. The first-order chi connectivity index (χ1) is 12.5. The summed E-state index contributed by atoms with van der Waals surface area (Å²) in [5.41, 5.74) is 0.411. The number of anilines is 1. The Morgan fingerprint density at radius 3 is 2.69 bits per heavy atom. The maximum absolute atomic E-state index is 12.6. The molecule has 0 spiro atoms. The minimum atomic E-state index is -0.828. The lowest BCUT2D eigenvalue weighted by Gasteiger charge is -2.30. The van der Waals surface area contributed by atoms with E-state index < -0.39 is 17.1 Å². The topological polar surface area (TPSA) is 104 Å². The third kappa shape index (κ3) is 2.93. The number of ether oxygens (including phenoxy) is 2. The van der Waals surface area contributed by atoms with E-state index >= 15 is 0 Å². The van der Waals surface area contributed by atoms with Crippen molar-refractivity contribution >= 4 is 38.3 Å². The molecule has 1 aromatic heterocycles. The van der Waals surface area contributed by atoms with E-state index in [0.29, 0.717) is 22.1 Å². The standard InChI is InChI=1S/C17H13N3O5S/c1-9-15(25-13-5-3-2-4-12(13)24-9)16(21)19-17-18-11-8-10(20(22)23)6-7-14(11)26-17/h2-9,15H,1H3,(H,18,19,21). The molecule has 0 fully saturated rings. The number of hydrogen-bond donors (Lipinski definition) is 1. The molecule has 2 unspecified atom stereocenters. The first-order valence-electron chi connectivity index (χ1n) is 7.79. The number of fused-ring (bicyclic) bond motifs is 2. The van der Waals surface area contributed by atoms with Crippen molar-refractivity contribution in [2.24, 2.45) is 0 Å². The highest BCUT2D eigenvalue weighted by Gasteiger charge is 2.34. The Kier molecular flexibility index (Phi) is 3.92. The molecule has 2 heterocycles. The van der Waals surface area contributed by atoms with Gasteiger partial charge in [0.1, 0.15) is 6.10 Å². The lowest BCUT2D eigenvalue weighted by molar-refractivity contribution is -0.384. The van der Waals surface area contributed by atoms with Gasteiger partial charge in [0.15, 0.2) is 16.6 Å². The Hall–Kier alpha value is -3.20. The minimum absolute atomic E-state index is 0.0464. The van der Waals surface area contributed by atoms with E-state index in [1.165, 1.54) is 23.5 Å². The molecule has 2 atom stereocenters. The van der Waals surface area contributed by atoms with E-state index in [1.54, 1.807) is 31.2 Å². The summed E-state index contributed by atoms with van der Waals surface area (Å²) in [5, 5.41) is 13.9. The smallest absolute Gasteiger partial charge is 0.271 e. The average Bonchev–Trinajstić information content (AvgIpc) is 3.02. The zero-order chi connectivity index (χ0) is 18.3. The van der Waals surface area contributed by atoms with Crippen LogP contribution < -0.4 is 14.8 Å². The van der Waals surface area contributed by atoms with Gasteiger partial charge in [-0.05, 0) is 25.1 Å². The number of nitrogens with one attached hydrogen (secondary N) is 1. The molecule has 2 aromatic carbocycles. The van der Waals surface area contributed by atoms with Crippen molar-refractivity contribution in [3.05, 3.63) is 52.6 Å². The molecule has 1 amide bonds. The Labute approximate surface area is 151 Å². The number of hydrogen-bond acceptors (Lipinski definition) is 7. The summed E-state index contributed by atoms with van der Waals surface area (Å²) < 4.78 is 12.2. The lowest BCUT2D eigenvalue weighted by atomic mass is 10.1. The van der Waals surface area contributed by atoms with E-state index in [4.69, 9.17) is 9.47 Å². The highest BCUT2D eigenvalue weighted by atomic mass is 32.1. The van der Waals surface area contributed by atoms with Gasteiger partial charge in [0.2, 0.25) is 6.10 Å². The molecule has 0 saturated carbocycles. The summed E-state index contributed by atoms with van der Waals surface area (Å²) in [5.74, 6) is 0.711. The SMILES string of the molecule is CC1Oc2ccccc2OC1C(=O)Nc1nc2cc([N+](=O)[O-])ccc2s1. The summed E-state index contributed by atoms with van der Waals surface area (Å²) in [6.07, 6.45) is -1.30. The predicted octanol–water partition coefficient (Wildman–Crippen LogP) is 3.37. The number of aromatic nitrogens is 1. The van der Waals surface area contributed by atoms with Gasteiger partial charge in [-0.1, -0.05) is 23.5 Å². The summed E-state index contributed by atoms with van der Waals surface area (Å²) in [6.45, 7) is 1.75. The van der Waals surface area contributed by atoms with Gasteiger partial charge >= 0.3 is 0 Å². The number of nitro groups is 1. The summed E-state index contributed by atoms with van der Waals surface area (Å²) >= 11 is 1.23. The largest absolute Gasteiger partial charge is 0.482 e. The van der Waals surface area contributed by atoms with E-state index in [0.717, 1.165) is 4.70 Å². The van der Waals surface area contributed by atoms with Crippen molar-refractivity contribution in [1.82, 2.24) is 4.98 Å². The fourth-order valence-electron chi connectivity index (χ4n) is 2.67. The predicted molar refractivity (Wildman–Crippen MR) is 95.9 cm³/mol. The zero-order valence-corrected chi connectivity index (χ0v) is 14.4. The fourth-order valence-corrected chi connectivity index (χ4v) is 3.51. The average molecular weight is 371 g/mol. The Morgan fingerprint density at radius 1 is 1.23 bits per heavy atom. The van der Waals surface area contributed by atoms with Crippen LogP contribution in [0.5, 0.6) is 11.5 Å². The van der Waals surface area contributed by atoms with Crippen molar-refractivity contribution in [2.45, 2.75) is 19.1 Å². The number of thiazole rings is 1. The van der Waals surface area contributed by atoms with Crippen LogP contribution in [0, 0.1) is 10.1 Å². The Morgan fingerprint density at radius 2 is 1.96 bits per heavy atom. The number of rotatable bonds is 3. The molecular weight excluding hydrogens is 358 g/mol. The van der Waals surface area contributed by atoms with Crippen LogP contribution in [0.1, 0.15) is 6.92 Å². The third-order valence-corrected chi connectivity index (χ3v) is 4.86. The number of nitro benzene ring substituents is 1. The second-order valence-corrected chi connectivity index (χ2v) is 6.76. The zero-order valence-electron chi connectivity index (χ0n) is 13.5. The lowest BCUT2D eigenvalue weighted by Crippen LogP contribution is -2.46. The van der Waals surface area contributed by atoms with Crippen LogP contribution in [0.2, 0.25) is 0 Å². The fraction of sp³-hybridized carbons (Fsp3) is 0.176. The molecule has 26 heavy (non-hydrogen) atoms. The molecule has 9 heteroatoms. The van der Waals surface area contributed by atoms with Crippen molar-refractivity contribution < 1.29 is 19.2 Å². The van der Waals surface area contributed by atoms with Crippen molar-refractivity contribution in [1.29, 1.82) is 0 Å². The van der Waals surface area contributed by atoms with E-state index in [2.05, 4.69) is 10.3 Å². The summed E-state index contributed by atoms with van der Waals surface area (Å²) in [7, 11) is 0. The number of non-ortho nitro benzene ring substituents is 1. The van der Waals surface area contributed by atoms with E-state index in [9.17, 15) is 14.9 Å². The highest BCUT2D eigenvalue weighted by molar-refractivity contribution is 7.22. The van der Waals surface area contributed by atoms with Crippen molar-refractivity contribution in [3.63, 3.8) is 0 Å². The molecule has 8 nitrogen and oxygen atoms in total. The number of para-hydroxylation sites is 2. The van der Waals surface area contributed by atoms with Crippen LogP contribution in [0.25, 0.3) is 10.2 Å². The van der Waals surface area contributed by atoms with Crippen LogP contribution in [0.4, 0.5) is 10.8 Å².